The van der Waals surface area contributed by atoms with Gasteiger partial charge in [-0.1, -0.05) is 0 Å². The lowest BCUT2D eigenvalue weighted by Crippen LogP contribution is -2.41. The molecule has 3 aromatic rings. The van der Waals surface area contributed by atoms with Gasteiger partial charge in [-0.15, -0.1) is 0 Å². The average Bonchev–Trinajstić information content (AvgIpc) is 3.28. The number of carbonyl (C=O) groups is 2. The van der Waals surface area contributed by atoms with Crippen LogP contribution in [0.15, 0.2) is 54.7 Å². The number of aromatic nitrogens is 1. The fourth-order valence-corrected chi connectivity index (χ4v) is 3.27. The van der Waals surface area contributed by atoms with Gasteiger partial charge in [-0.05, 0) is 55.0 Å². The summed E-state index contributed by atoms with van der Waals surface area (Å²) < 4.78 is 5.14. The molecular formula is C20H19N3O3. The highest BCUT2D eigenvalue weighted by molar-refractivity contribution is 6.04. The summed E-state index contributed by atoms with van der Waals surface area (Å²) in [5.74, 6) is 0.416. The van der Waals surface area contributed by atoms with E-state index in [9.17, 15) is 9.59 Å². The Labute approximate surface area is 150 Å². The number of nitrogens with one attached hydrogen (secondary N) is 2. The Morgan fingerprint density at radius 1 is 1.19 bits per heavy atom. The number of nitrogens with zero attached hydrogens (tertiary/aromatic N) is 1. The van der Waals surface area contributed by atoms with Gasteiger partial charge < -0.3 is 19.9 Å². The van der Waals surface area contributed by atoms with Gasteiger partial charge in [0.05, 0.1) is 7.11 Å². The molecular weight excluding hydrogens is 330 g/mol. The van der Waals surface area contributed by atoms with E-state index in [1.165, 1.54) is 0 Å². The first-order valence-electron chi connectivity index (χ1n) is 8.49. The molecule has 6 nitrogen and oxygen atoms in total. The van der Waals surface area contributed by atoms with Crippen LogP contribution >= 0.6 is 0 Å². The molecule has 26 heavy (non-hydrogen) atoms. The van der Waals surface area contributed by atoms with Gasteiger partial charge in [0.2, 0.25) is 5.91 Å². The van der Waals surface area contributed by atoms with Gasteiger partial charge in [0.1, 0.15) is 11.8 Å². The highest BCUT2D eigenvalue weighted by Crippen LogP contribution is 2.24. The Kier molecular flexibility index (Phi) is 4.08. The average molecular weight is 349 g/mol. The van der Waals surface area contributed by atoms with Crippen molar-refractivity contribution in [3.8, 4) is 5.75 Å². The van der Waals surface area contributed by atoms with Crippen LogP contribution in [-0.4, -0.2) is 36.5 Å². The smallest absolute Gasteiger partial charge is 0.251 e. The maximum atomic E-state index is 12.7. The topological polar surface area (TPSA) is 74.4 Å². The number of benzene rings is 2. The van der Waals surface area contributed by atoms with Crippen LogP contribution in [0.5, 0.6) is 5.75 Å². The zero-order valence-corrected chi connectivity index (χ0v) is 14.4. The molecule has 1 aromatic heterocycles. The van der Waals surface area contributed by atoms with Crippen LogP contribution < -0.4 is 15.0 Å². The van der Waals surface area contributed by atoms with E-state index in [-0.39, 0.29) is 11.8 Å². The third-order valence-corrected chi connectivity index (χ3v) is 4.71. The maximum Gasteiger partial charge on any atom is 0.251 e. The van der Waals surface area contributed by atoms with E-state index in [2.05, 4.69) is 10.3 Å². The first-order chi connectivity index (χ1) is 12.7. The first kappa shape index (κ1) is 16.2. The largest absolute Gasteiger partial charge is 0.497 e. The van der Waals surface area contributed by atoms with Crippen molar-refractivity contribution in [2.75, 3.05) is 18.6 Å². The summed E-state index contributed by atoms with van der Waals surface area (Å²) in [5.41, 5.74) is 2.33. The lowest BCUT2D eigenvalue weighted by molar-refractivity contribution is -0.118. The highest BCUT2D eigenvalue weighted by Gasteiger charge is 2.33. The molecule has 0 radical (unpaired) electrons. The van der Waals surface area contributed by atoms with E-state index >= 15 is 0 Å². The Morgan fingerprint density at radius 3 is 2.77 bits per heavy atom. The number of ether oxygens (including phenoxy) is 1. The molecule has 0 spiro atoms. The van der Waals surface area contributed by atoms with Crippen molar-refractivity contribution < 1.29 is 14.3 Å². The zero-order valence-electron chi connectivity index (χ0n) is 14.4. The van der Waals surface area contributed by atoms with Gasteiger partial charge in [-0.3, -0.25) is 9.59 Å². The summed E-state index contributed by atoms with van der Waals surface area (Å²) >= 11 is 0. The minimum absolute atomic E-state index is 0.0914. The summed E-state index contributed by atoms with van der Waals surface area (Å²) in [5, 5.41) is 3.83. The van der Waals surface area contributed by atoms with Gasteiger partial charge in [0.25, 0.3) is 5.91 Å². The number of hydrogen-bond donors (Lipinski definition) is 2. The van der Waals surface area contributed by atoms with Crippen molar-refractivity contribution in [3.05, 3.63) is 60.3 Å². The van der Waals surface area contributed by atoms with Gasteiger partial charge in [-0.25, -0.2) is 0 Å². The lowest BCUT2D eigenvalue weighted by atomic mass is 10.1. The number of fused-ring (bicyclic) bond motifs is 1. The molecule has 0 saturated carbocycles. The monoisotopic (exact) mass is 349 g/mol. The second-order valence-corrected chi connectivity index (χ2v) is 6.28. The van der Waals surface area contributed by atoms with Crippen LogP contribution in [0, 0.1) is 0 Å². The van der Waals surface area contributed by atoms with Crippen molar-refractivity contribution in [1.82, 2.24) is 10.3 Å². The number of hydrogen-bond acceptors (Lipinski definition) is 3. The molecule has 2 heterocycles. The number of H-pyrrole nitrogens is 1. The Balaban J connectivity index is 1.46. The Bertz CT molecular complexity index is 962. The van der Waals surface area contributed by atoms with Gasteiger partial charge >= 0.3 is 0 Å². The maximum absolute atomic E-state index is 12.7. The molecule has 1 aliphatic heterocycles. The molecule has 2 aromatic carbocycles. The highest BCUT2D eigenvalue weighted by atomic mass is 16.5. The minimum atomic E-state index is -0.508. The second-order valence-electron chi connectivity index (χ2n) is 6.28. The zero-order chi connectivity index (χ0) is 18.1. The van der Waals surface area contributed by atoms with Crippen LogP contribution in [0.1, 0.15) is 16.8 Å². The van der Waals surface area contributed by atoms with Crippen LogP contribution in [0.4, 0.5) is 5.69 Å². The van der Waals surface area contributed by atoms with Crippen LogP contribution in [0.25, 0.3) is 10.9 Å². The Morgan fingerprint density at radius 2 is 2.00 bits per heavy atom. The summed E-state index contributed by atoms with van der Waals surface area (Å²) in [6, 6.07) is 14.2. The molecule has 1 atom stereocenters. The van der Waals surface area contributed by atoms with Crippen molar-refractivity contribution >= 4 is 28.4 Å². The molecule has 0 aliphatic carbocycles. The fourth-order valence-electron chi connectivity index (χ4n) is 3.27. The number of aromatic amines is 1. The molecule has 1 unspecified atom stereocenters. The van der Waals surface area contributed by atoms with E-state index < -0.39 is 6.04 Å². The number of methoxy groups -OCH3 is 1. The van der Waals surface area contributed by atoms with Crippen molar-refractivity contribution in [2.24, 2.45) is 0 Å². The molecule has 1 aliphatic rings. The van der Waals surface area contributed by atoms with Crippen LogP contribution in [-0.2, 0) is 4.79 Å². The number of rotatable bonds is 4. The quantitative estimate of drug-likeness (QED) is 0.760. The van der Waals surface area contributed by atoms with Crippen LogP contribution in [0.2, 0.25) is 0 Å². The Hall–Kier alpha value is -3.28. The third kappa shape index (κ3) is 2.90. The van der Waals surface area contributed by atoms with E-state index in [4.69, 9.17) is 4.74 Å². The molecule has 4 rings (SSSR count). The number of anilines is 1. The normalized spacial score (nSPS) is 16.9. The molecule has 6 heteroatoms. The molecule has 2 N–H and O–H groups in total. The van der Waals surface area contributed by atoms with Crippen molar-refractivity contribution in [2.45, 2.75) is 12.5 Å². The van der Waals surface area contributed by atoms with E-state index in [0.29, 0.717) is 18.5 Å². The number of amides is 2. The van der Waals surface area contributed by atoms with Gasteiger partial charge in [-0.2, -0.15) is 0 Å². The second kappa shape index (κ2) is 6.55. The summed E-state index contributed by atoms with van der Waals surface area (Å²) in [6.45, 7) is 0.576. The van der Waals surface area contributed by atoms with Gasteiger partial charge in [0, 0.05) is 34.9 Å². The van der Waals surface area contributed by atoms with E-state index in [1.54, 1.807) is 18.1 Å². The SMILES string of the molecule is COc1ccc(N2CCC(NC(=O)c3ccc4[nH]ccc4c3)C2=O)cc1. The molecule has 1 fully saturated rings. The molecule has 1 saturated heterocycles. The van der Waals surface area contributed by atoms with Crippen molar-refractivity contribution in [1.29, 1.82) is 0 Å². The first-order valence-corrected chi connectivity index (χ1v) is 8.49. The van der Waals surface area contributed by atoms with Crippen molar-refractivity contribution in [3.63, 3.8) is 0 Å². The summed E-state index contributed by atoms with van der Waals surface area (Å²) in [6.07, 6.45) is 2.42. The number of carbonyl (C=O) groups excluding carboxylic acids is 2. The summed E-state index contributed by atoms with van der Waals surface area (Å²) in [7, 11) is 1.60. The molecule has 2 amide bonds. The van der Waals surface area contributed by atoms with E-state index in [1.807, 2.05) is 48.7 Å². The summed E-state index contributed by atoms with van der Waals surface area (Å²) in [4.78, 5) is 30.0. The van der Waals surface area contributed by atoms with Crippen LogP contribution in [0.3, 0.4) is 0 Å². The lowest BCUT2D eigenvalue weighted by Gasteiger charge is -2.17. The van der Waals surface area contributed by atoms with E-state index in [0.717, 1.165) is 22.3 Å². The van der Waals surface area contributed by atoms with Gasteiger partial charge in [0.15, 0.2) is 0 Å². The predicted molar refractivity (Wildman–Crippen MR) is 99.5 cm³/mol. The molecule has 0 bridgehead atoms. The molecule has 132 valence electrons. The fraction of sp³-hybridized carbons (Fsp3) is 0.200. The standard InChI is InChI=1S/C20H19N3O3/c1-26-16-5-3-15(4-6-16)23-11-9-18(20(23)25)22-19(24)14-2-7-17-13(12-14)8-10-21-17/h2-8,10,12,18,21H,9,11H2,1H3,(H,22,24). The minimum Gasteiger partial charge on any atom is -0.497 e. The predicted octanol–water partition coefficient (Wildman–Crippen LogP) is 2.71. The third-order valence-electron chi connectivity index (χ3n) is 4.71.